The van der Waals surface area contributed by atoms with Gasteiger partial charge in [0, 0.05) is 14.7 Å². The van der Waals surface area contributed by atoms with E-state index < -0.39 is 20.4 Å². The molecular formula is C34H40O6S2. The van der Waals surface area contributed by atoms with Crippen LogP contribution in [0.2, 0.25) is 0 Å². The minimum Gasteiger partial charge on any atom is -0.494 e. The van der Waals surface area contributed by atoms with Crippen molar-refractivity contribution in [2.75, 3.05) is 19.8 Å². The van der Waals surface area contributed by atoms with Crippen LogP contribution >= 0.6 is 10.3 Å². The third kappa shape index (κ3) is 7.48. The Kier molecular flexibility index (Phi) is 11.0. The maximum Gasteiger partial charge on any atom is 0.307 e. The van der Waals surface area contributed by atoms with Gasteiger partial charge in [0.25, 0.3) is 0 Å². The molecule has 0 fully saturated rings. The molecule has 0 spiro atoms. The summed E-state index contributed by atoms with van der Waals surface area (Å²) in [6.07, 6.45) is 2.65. The predicted octanol–water partition coefficient (Wildman–Crippen LogP) is 8.96. The van der Waals surface area contributed by atoms with Crippen molar-refractivity contribution >= 4 is 20.4 Å². The Morgan fingerprint density at radius 3 is 1.10 bits per heavy atom. The van der Waals surface area contributed by atoms with Crippen molar-refractivity contribution in [2.24, 2.45) is 0 Å². The number of aryl methyl sites for hydroxylation is 1. The van der Waals surface area contributed by atoms with Crippen molar-refractivity contribution in [1.29, 1.82) is 0 Å². The van der Waals surface area contributed by atoms with Crippen molar-refractivity contribution in [3.8, 4) is 17.2 Å². The van der Waals surface area contributed by atoms with Crippen LogP contribution in [0.5, 0.6) is 17.2 Å². The fraction of sp³-hybridized carbons (Fsp3) is 0.294. The number of hydrogen-bond acceptors (Lipinski definition) is 6. The van der Waals surface area contributed by atoms with E-state index in [9.17, 15) is 8.42 Å². The van der Waals surface area contributed by atoms with Crippen LogP contribution in [0.3, 0.4) is 0 Å². The number of ether oxygens (including phenoxy) is 3. The average molecular weight is 609 g/mol. The Balaban J connectivity index is 1.93. The Hall–Kier alpha value is -3.46. The van der Waals surface area contributed by atoms with Crippen LogP contribution in [0.1, 0.15) is 45.6 Å². The van der Waals surface area contributed by atoms with Crippen molar-refractivity contribution in [3.05, 3.63) is 103 Å². The van der Waals surface area contributed by atoms with E-state index in [2.05, 4.69) is 20.8 Å². The number of hydrogen-bond donors (Lipinski definition) is 0. The van der Waals surface area contributed by atoms with E-state index in [1.54, 1.807) is 24.3 Å². The molecule has 0 bridgehead atoms. The van der Waals surface area contributed by atoms with Gasteiger partial charge < -0.3 is 14.2 Å². The first-order chi connectivity index (χ1) is 20.3. The topological polar surface area (TPSA) is 71.1 Å². The Morgan fingerprint density at radius 2 is 0.786 bits per heavy atom. The predicted molar refractivity (Wildman–Crippen MR) is 169 cm³/mol. The second kappa shape index (κ2) is 14.6. The van der Waals surface area contributed by atoms with Gasteiger partial charge in [0.05, 0.1) is 24.7 Å². The Bertz CT molecular complexity index is 1370. The van der Waals surface area contributed by atoms with Crippen molar-refractivity contribution in [3.63, 3.8) is 0 Å². The summed E-state index contributed by atoms with van der Waals surface area (Å²) in [6, 6.07) is 29.3. The summed E-state index contributed by atoms with van der Waals surface area (Å²) in [4.78, 5) is 2.24. The van der Waals surface area contributed by atoms with E-state index in [-0.39, 0.29) is 4.90 Å². The monoisotopic (exact) mass is 608 g/mol. The molecule has 0 aliphatic carbocycles. The third-order valence-corrected chi connectivity index (χ3v) is 11.6. The van der Waals surface area contributed by atoms with Gasteiger partial charge in [0.1, 0.15) is 17.2 Å². The highest BCUT2D eigenvalue weighted by molar-refractivity contribution is 8.33. The van der Waals surface area contributed by atoms with E-state index in [1.165, 1.54) is 0 Å². The largest absolute Gasteiger partial charge is 0.494 e. The van der Waals surface area contributed by atoms with Crippen molar-refractivity contribution in [1.82, 2.24) is 0 Å². The smallest absolute Gasteiger partial charge is 0.307 e. The first-order valence-corrected chi connectivity index (χ1v) is 17.3. The highest BCUT2D eigenvalue weighted by Crippen LogP contribution is 2.70. The standard InChI is InChI=1S/C34H40O6S2/c1-5-24-37-28-10-18-31(19-11-28)41(32-20-12-29(13-21-32)38-25-6-2,33-22-14-30(15-23-33)39-26-7-3)40-42(35,36)34-16-8-27(4)9-17-34/h8-23H,5-7,24-26H2,1-4H3. The minimum absolute atomic E-state index is 0.0960. The molecular weight excluding hydrogens is 569 g/mol. The quantitative estimate of drug-likeness (QED) is 0.134. The lowest BCUT2D eigenvalue weighted by atomic mass is 10.2. The van der Waals surface area contributed by atoms with Gasteiger partial charge in [-0.15, -0.1) is 0 Å². The third-order valence-electron chi connectivity index (χ3n) is 6.39. The normalized spacial score (nSPS) is 12.1. The molecule has 0 aromatic heterocycles. The molecule has 42 heavy (non-hydrogen) atoms. The lowest BCUT2D eigenvalue weighted by Crippen LogP contribution is -2.15. The van der Waals surface area contributed by atoms with Gasteiger partial charge in [0.15, 0.2) is 0 Å². The maximum atomic E-state index is 14.0. The SMILES string of the molecule is CCCOc1ccc(S(OS(=O)(=O)c2ccc(C)cc2)(c2ccc(OCCC)cc2)c2ccc(OCCC)cc2)cc1. The van der Waals surface area contributed by atoms with Crippen LogP contribution in [0.25, 0.3) is 0 Å². The Morgan fingerprint density at radius 1 is 0.476 bits per heavy atom. The summed E-state index contributed by atoms with van der Waals surface area (Å²) >= 11 is 0. The lowest BCUT2D eigenvalue weighted by Gasteiger charge is -2.39. The second-order valence-electron chi connectivity index (χ2n) is 9.85. The fourth-order valence-electron chi connectivity index (χ4n) is 4.25. The zero-order chi connectivity index (χ0) is 30.0. The van der Waals surface area contributed by atoms with Crippen LogP contribution in [-0.2, 0) is 13.7 Å². The van der Waals surface area contributed by atoms with Gasteiger partial charge in [-0.1, -0.05) is 38.5 Å². The molecule has 0 unspecified atom stereocenters. The lowest BCUT2D eigenvalue weighted by molar-refractivity contribution is 0.317. The summed E-state index contributed by atoms with van der Waals surface area (Å²) in [5.74, 6) is 2.13. The highest BCUT2D eigenvalue weighted by atomic mass is 32.3. The zero-order valence-corrected chi connectivity index (χ0v) is 26.4. The van der Waals surface area contributed by atoms with Crippen LogP contribution in [0.4, 0.5) is 0 Å². The van der Waals surface area contributed by atoms with Crippen LogP contribution in [0, 0.1) is 6.92 Å². The highest BCUT2D eigenvalue weighted by Gasteiger charge is 2.38. The summed E-state index contributed by atoms with van der Waals surface area (Å²) in [5.41, 5.74) is 0.959. The first-order valence-electron chi connectivity index (χ1n) is 14.4. The first kappa shape index (κ1) is 31.5. The fourth-order valence-corrected chi connectivity index (χ4v) is 9.42. The molecule has 0 saturated carbocycles. The molecule has 4 aromatic rings. The molecule has 0 atom stereocenters. The van der Waals surface area contributed by atoms with E-state index in [0.717, 1.165) is 24.8 Å². The molecule has 6 nitrogen and oxygen atoms in total. The molecule has 4 rings (SSSR count). The van der Waals surface area contributed by atoms with E-state index in [1.807, 2.05) is 79.7 Å². The van der Waals surface area contributed by atoms with E-state index in [0.29, 0.717) is 51.8 Å². The summed E-state index contributed by atoms with van der Waals surface area (Å²) in [6.45, 7) is 9.84. The molecule has 0 aliphatic rings. The zero-order valence-electron chi connectivity index (χ0n) is 24.7. The van der Waals surface area contributed by atoms with Gasteiger partial charge in [0.2, 0.25) is 0 Å². The van der Waals surface area contributed by atoms with E-state index >= 15 is 0 Å². The molecule has 0 heterocycles. The Labute approximate surface area is 252 Å². The molecule has 8 heteroatoms. The van der Waals surface area contributed by atoms with Gasteiger partial charge in [-0.2, -0.15) is 8.42 Å². The second-order valence-corrected chi connectivity index (χ2v) is 14.3. The molecule has 0 radical (unpaired) electrons. The van der Waals surface area contributed by atoms with Crippen LogP contribution in [0.15, 0.2) is 117 Å². The molecule has 0 N–H and O–H groups in total. The minimum atomic E-state index is -4.21. The van der Waals surface area contributed by atoms with Gasteiger partial charge >= 0.3 is 10.1 Å². The molecule has 0 amide bonds. The van der Waals surface area contributed by atoms with Crippen LogP contribution in [-0.4, -0.2) is 28.2 Å². The van der Waals surface area contributed by atoms with Crippen molar-refractivity contribution < 1.29 is 26.3 Å². The molecule has 0 saturated heterocycles. The average Bonchev–Trinajstić information content (AvgIpc) is 3.01. The number of benzene rings is 4. The van der Waals surface area contributed by atoms with E-state index in [4.69, 9.17) is 17.8 Å². The summed E-state index contributed by atoms with van der Waals surface area (Å²) in [5, 5.41) is 0. The van der Waals surface area contributed by atoms with Gasteiger partial charge in [-0.25, -0.2) is 3.63 Å². The van der Waals surface area contributed by atoms with Crippen LogP contribution < -0.4 is 14.2 Å². The van der Waals surface area contributed by atoms with Crippen molar-refractivity contribution in [2.45, 2.75) is 66.5 Å². The maximum absolute atomic E-state index is 14.0. The summed E-state index contributed by atoms with van der Waals surface area (Å²) < 4.78 is 52.1. The molecule has 0 aliphatic heterocycles. The molecule has 224 valence electrons. The number of rotatable bonds is 15. The molecule has 4 aromatic carbocycles. The summed E-state index contributed by atoms with van der Waals surface area (Å²) in [7, 11) is -7.02. The van der Waals surface area contributed by atoms with Gasteiger partial charge in [-0.05, 0) is 121 Å². The van der Waals surface area contributed by atoms with Gasteiger partial charge in [-0.3, -0.25) is 0 Å².